The van der Waals surface area contributed by atoms with E-state index in [1.165, 1.54) is 12.1 Å². The Labute approximate surface area is 153 Å². The van der Waals surface area contributed by atoms with Gasteiger partial charge in [-0.25, -0.2) is 13.8 Å². The van der Waals surface area contributed by atoms with Gasteiger partial charge in [-0.1, -0.05) is 18.2 Å². The molecule has 130 valence electrons. The summed E-state index contributed by atoms with van der Waals surface area (Å²) in [4.78, 5) is 4.12. The Morgan fingerprint density at radius 3 is 2.36 bits per heavy atom. The van der Waals surface area contributed by atoms with Crippen molar-refractivity contribution < 1.29 is 22.3 Å². The van der Waals surface area contributed by atoms with Gasteiger partial charge in [-0.05, 0) is 29.3 Å². The Bertz CT molecular complexity index is 934. The Kier molecular flexibility index (Phi) is 3.71. The van der Waals surface area contributed by atoms with Gasteiger partial charge in [0.15, 0.2) is 0 Å². The van der Waals surface area contributed by atoms with Crippen molar-refractivity contribution in [1.29, 1.82) is 0 Å². The highest BCUT2D eigenvalue weighted by Gasteiger charge is 2.59. The summed E-state index contributed by atoms with van der Waals surface area (Å²) in [6.45, 7) is 0. The molecule has 0 N–H and O–H groups in total. The minimum absolute atomic E-state index is 0.0465. The Hall–Kier alpha value is -1.84. The van der Waals surface area contributed by atoms with E-state index in [1.807, 2.05) is 6.07 Å². The van der Waals surface area contributed by atoms with Gasteiger partial charge in [0.2, 0.25) is 0 Å². The van der Waals surface area contributed by atoms with Gasteiger partial charge in [-0.15, -0.1) is 0 Å². The number of pyridine rings is 1. The molecule has 3 nitrogen and oxygen atoms in total. The van der Waals surface area contributed by atoms with Crippen molar-refractivity contribution >= 4 is 28.1 Å². The summed E-state index contributed by atoms with van der Waals surface area (Å²) in [5.74, 6) is -3.16. The van der Waals surface area contributed by atoms with E-state index < -0.39 is 16.0 Å². The summed E-state index contributed by atoms with van der Waals surface area (Å²) in [5.41, 5.74) is 2.25. The second-order valence-electron chi connectivity index (χ2n) is 5.92. The van der Waals surface area contributed by atoms with E-state index >= 15 is 0 Å². The van der Waals surface area contributed by atoms with Crippen LogP contribution in [0.2, 0.25) is 0 Å². The lowest BCUT2D eigenvalue weighted by Gasteiger charge is -2.11. The van der Waals surface area contributed by atoms with Crippen LogP contribution in [0.3, 0.4) is 0 Å². The third-order valence-corrected chi connectivity index (χ3v) is 4.33. The number of halogens is 5. The average Bonchev–Trinajstić information content (AvgIpc) is 2.98. The Morgan fingerprint density at radius 2 is 1.76 bits per heavy atom. The summed E-state index contributed by atoms with van der Waals surface area (Å²) in [6, 6.07) is 9.78. The van der Waals surface area contributed by atoms with Crippen LogP contribution in [0.4, 0.5) is 17.6 Å². The van der Waals surface area contributed by atoms with Gasteiger partial charge in [0, 0.05) is 12.6 Å². The third-order valence-electron chi connectivity index (χ3n) is 4.11. The third kappa shape index (κ3) is 3.31. The van der Waals surface area contributed by atoms with Crippen molar-refractivity contribution in [1.82, 2.24) is 9.38 Å². The molecule has 25 heavy (non-hydrogen) atoms. The van der Waals surface area contributed by atoms with E-state index in [-0.39, 0.29) is 12.2 Å². The first kappa shape index (κ1) is 16.6. The lowest BCUT2D eigenvalue weighted by Crippen LogP contribution is -2.14. The zero-order valence-corrected chi connectivity index (χ0v) is 14.8. The largest absolute Gasteiger partial charge is 0.451 e. The normalized spacial score (nSPS) is 19.2. The molecule has 2 heterocycles. The summed E-state index contributed by atoms with van der Waals surface area (Å²) < 4.78 is 55.3. The van der Waals surface area contributed by atoms with Crippen LogP contribution in [0.5, 0.6) is 5.75 Å². The lowest BCUT2D eigenvalue weighted by molar-refractivity contribution is -0.0691. The van der Waals surface area contributed by atoms with E-state index in [0.717, 1.165) is 39.2 Å². The predicted molar refractivity (Wildman–Crippen MR) is 92.5 cm³/mol. The number of aromatic nitrogens is 2. The van der Waals surface area contributed by atoms with Gasteiger partial charge in [-0.3, -0.25) is 0 Å². The molecule has 0 bridgehead atoms. The van der Waals surface area contributed by atoms with E-state index in [9.17, 15) is 17.6 Å². The first-order chi connectivity index (χ1) is 11.7. The molecule has 0 saturated heterocycles. The van der Waals surface area contributed by atoms with Gasteiger partial charge >= 0.3 is 4.12 Å². The molecule has 1 aliphatic carbocycles. The Balaban J connectivity index is 1.66. The van der Waals surface area contributed by atoms with Crippen molar-refractivity contribution in [2.45, 2.75) is 22.4 Å². The van der Waals surface area contributed by atoms with E-state index in [0.29, 0.717) is 5.82 Å². The van der Waals surface area contributed by atoms with E-state index in [1.54, 1.807) is 35.0 Å². The van der Waals surface area contributed by atoms with Crippen LogP contribution in [-0.4, -0.2) is 19.4 Å². The number of imidazole rings is 1. The highest BCUT2D eigenvalue weighted by Crippen LogP contribution is 2.55. The van der Waals surface area contributed by atoms with Crippen LogP contribution in [0.15, 0.2) is 48.8 Å². The number of alkyl halides is 5. The summed E-state index contributed by atoms with van der Waals surface area (Å²) >= 11 is 0.900. The van der Waals surface area contributed by atoms with Crippen LogP contribution in [0.25, 0.3) is 16.6 Å². The standard InChI is InChI=1S/C17H11F4IN2O/c18-16(19)7-14(16)15-23-8-12-4-1-11(9-24(12)15)10-2-5-13(6-3-10)25-17(20,21)22/h1-6,8-9,14H,7H2. The van der Waals surface area contributed by atoms with Crippen molar-refractivity contribution in [2.75, 3.05) is 0 Å². The van der Waals surface area contributed by atoms with Gasteiger partial charge < -0.3 is 9.14 Å². The maximum atomic E-state index is 13.4. The minimum atomic E-state index is -3.28. The van der Waals surface area contributed by atoms with Crippen molar-refractivity contribution in [3.8, 4) is 16.9 Å². The maximum Gasteiger partial charge on any atom is 0.451 e. The molecular formula is C17H11F4IN2O. The smallest absolute Gasteiger partial charge is 0.425 e. The molecule has 3 aromatic rings. The van der Waals surface area contributed by atoms with Crippen LogP contribution in [0.1, 0.15) is 18.2 Å². The highest BCUT2D eigenvalue weighted by atomic mass is 127. The molecule has 1 unspecified atom stereocenters. The molecule has 0 amide bonds. The number of nitrogens with zero attached hydrogens (tertiary/aromatic N) is 2. The number of ether oxygens (including phenoxy) is 1. The predicted octanol–water partition coefficient (Wildman–Crippen LogP) is 5.49. The van der Waals surface area contributed by atoms with Crippen LogP contribution in [-0.2, 0) is 0 Å². The van der Waals surface area contributed by atoms with Gasteiger partial charge in [0.05, 0.1) is 40.2 Å². The molecule has 0 aliphatic heterocycles. The summed E-state index contributed by atoms with van der Waals surface area (Å²) in [7, 11) is 0. The fourth-order valence-electron chi connectivity index (χ4n) is 2.78. The number of rotatable bonds is 4. The first-order valence-corrected chi connectivity index (χ1v) is 8.52. The molecule has 8 heteroatoms. The van der Waals surface area contributed by atoms with E-state index in [4.69, 9.17) is 0 Å². The zero-order chi connectivity index (χ0) is 17.8. The molecule has 0 spiro atoms. The molecule has 1 fully saturated rings. The van der Waals surface area contributed by atoms with Gasteiger partial charge in [0.25, 0.3) is 5.92 Å². The van der Waals surface area contributed by atoms with Crippen LogP contribution >= 0.6 is 22.6 Å². The van der Waals surface area contributed by atoms with Crippen LogP contribution < -0.4 is 4.74 Å². The monoisotopic (exact) mass is 462 g/mol. The maximum absolute atomic E-state index is 13.4. The van der Waals surface area contributed by atoms with Crippen molar-refractivity contribution in [3.05, 3.63) is 54.6 Å². The molecule has 1 aromatic carbocycles. The number of fused-ring (bicyclic) bond motifs is 1. The fourth-order valence-corrected chi connectivity index (χ4v) is 3.04. The van der Waals surface area contributed by atoms with Gasteiger partial charge in [0.1, 0.15) is 11.6 Å². The van der Waals surface area contributed by atoms with Crippen molar-refractivity contribution in [3.63, 3.8) is 0 Å². The first-order valence-electron chi connectivity index (χ1n) is 7.44. The second-order valence-corrected chi connectivity index (χ2v) is 7.17. The highest BCUT2D eigenvalue weighted by molar-refractivity contribution is 14.1. The molecule has 2 aromatic heterocycles. The summed E-state index contributed by atoms with van der Waals surface area (Å²) in [5, 5.41) is 0. The van der Waals surface area contributed by atoms with Crippen molar-refractivity contribution in [2.24, 2.45) is 0 Å². The fraction of sp³-hybridized carbons (Fsp3) is 0.235. The quantitative estimate of drug-likeness (QED) is 0.292. The topological polar surface area (TPSA) is 26.5 Å². The zero-order valence-electron chi connectivity index (χ0n) is 12.6. The second kappa shape index (κ2) is 5.58. The number of benzene rings is 1. The molecule has 1 atom stereocenters. The van der Waals surface area contributed by atoms with E-state index in [2.05, 4.69) is 9.72 Å². The number of hydrogen-bond acceptors (Lipinski definition) is 2. The SMILES string of the molecule is FC(F)(I)Oc1ccc(-c2ccc3cnc(C4CC4(F)F)n3c2)cc1. The minimum Gasteiger partial charge on any atom is -0.425 e. The summed E-state index contributed by atoms with van der Waals surface area (Å²) in [6.07, 6.45) is 3.11. The number of hydrogen-bond donors (Lipinski definition) is 0. The molecule has 1 saturated carbocycles. The molecular weight excluding hydrogens is 451 g/mol. The average molecular weight is 462 g/mol. The molecule has 4 rings (SSSR count). The molecule has 1 aliphatic rings. The molecule has 0 radical (unpaired) electrons. The lowest BCUT2D eigenvalue weighted by atomic mass is 10.1. The van der Waals surface area contributed by atoms with Gasteiger partial charge in [-0.2, -0.15) is 8.78 Å². The Morgan fingerprint density at radius 1 is 1.12 bits per heavy atom. The van der Waals surface area contributed by atoms with Crippen LogP contribution in [0, 0.1) is 0 Å².